The van der Waals surface area contributed by atoms with Gasteiger partial charge in [0.2, 0.25) is 0 Å². The number of amides is 1. The number of benzene rings is 2. The normalized spacial score (nSPS) is 14.9. The fourth-order valence-corrected chi connectivity index (χ4v) is 4.02. The van der Waals surface area contributed by atoms with Crippen LogP contribution in [0.2, 0.25) is 0 Å². The Hall–Kier alpha value is -2.38. The van der Waals surface area contributed by atoms with Gasteiger partial charge in [-0.2, -0.15) is 0 Å². The first-order valence-electron chi connectivity index (χ1n) is 11.0. The molecule has 2 aromatic rings. The number of β-amino-alcohol motifs (C(OH)–C–C–N with tert-alkyl or cyclic N) is 1. The van der Waals surface area contributed by atoms with Gasteiger partial charge in [0, 0.05) is 23.1 Å². The monoisotopic (exact) mass is 607 g/mol. The van der Waals surface area contributed by atoms with Gasteiger partial charge in [0.15, 0.2) is 11.6 Å². The highest BCUT2D eigenvalue weighted by molar-refractivity contribution is 14.1. The van der Waals surface area contributed by atoms with E-state index in [-0.39, 0.29) is 30.4 Å². The van der Waals surface area contributed by atoms with Crippen LogP contribution in [0.1, 0.15) is 44.0 Å². The highest BCUT2D eigenvalue weighted by Gasteiger charge is 2.44. The third-order valence-electron chi connectivity index (χ3n) is 5.27. The second-order valence-electron chi connectivity index (χ2n) is 8.51. The number of rotatable bonds is 8. The Balaban J connectivity index is 0.00000100. The summed E-state index contributed by atoms with van der Waals surface area (Å²) >= 11 is 1.93. The summed E-state index contributed by atoms with van der Waals surface area (Å²) in [6, 6.07) is 6.49. The van der Waals surface area contributed by atoms with Crippen LogP contribution in [0.15, 0.2) is 30.3 Å². The molecule has 0 spiro atoms. The predicted molar refractivity (Wildman–Crippen MR) is 135 cm³/mol. The molecular formula is C24H29F3IN3O4. The van der Waals surface area contributed by atoms with Gasteiger partial charge in [-0.1, -0.05) is 13.3 Å². The fraction of sp³-hybridized carbons (Fsp3) is 0.417. The van der Waals surface area contributed by atoms with Crippen molar-refractivity contribution in [2.24, 2.45) is 0 Å². The Bertz CT molecular complexity index is 1060. The van der Waals surface area contributed by atoms with Crippen LogP contribution in [0.5, 0.6) is 0 Å². The number of anilines is 2. The number of hydrogen-bond acceptors (Lipinski definition) is 5. The number of likely N-dealkylation sites (tertiary alicyclic amines) is 1. The van der Waals surface area contributed by atoms with Crippen LogP contribution in [0, 0.1) is 21.0 Å². The molecule has 1 atom stereocenters. The van der Waals surface area contributed by atoms with Crippen LogP contribution in [-0.4, -0.2) is 58.3 Å². The zero-order valence-electron chi connectivity index (χ0n) is 19.7. The van der Waals surface area contributed by atoms with E-state index in [1.807, 2.05) is 29.5 Å². The van der Waals surface area contributed by atoms with E-state index < -0.39 is 40.6 Å². The fourth-order valence-electron chi connectivity index (χ4n) is 3.57. The van der Waals surface area contributed by atoms with E-state index in [0.29, 0.717) is 10.1 Å². The molecule has 1 aliphatic rings. The van der Waals surface area contributed by atoms with E-state index in [1.165, 1.54) is 17.0 Å². The van der Waals surface area contributed by atoms with Crippen molar-refractivity contribution in [2.45, 2.75) is 45.3 Å². The van der Waals surface area contributed by atoms with Gasteiger partial charge in [0.25, 0.3) is 11.9 Å². The standard InChI is InChI=1S/C22H25F3IN3O2.C2H4O2/c1-3-4-13(2)27-10-22(31)11-29(12-22)21(30)15-6-7-16(23)19(25)20(15)28-18-8-5-14(26)9-17(18)24;1-2(3)4/h5-9,13,27-28,31H,3-4,10-12H2,1-2H3;1H3,(H,3,4). The van der Waals surface area contributed by atoms with Crippen LogP contribution >= 0.6 is 22.6 Å². The summed E-state index contributed by atoms with van der Waals surface area (Å²) in [7, 11) is 0. The Labute approximate surface area is 215 Å². The molecule has 0 bridgehead atoms. The lowest BCUT2D eigenvalue weighted by atomic mass is 9.92. The molecule has 7 nitrogen and oxygen atoms in total. The van der Waals surface area contributed by atoms with Crippen LogP contribution in [0.3, 0.4) is 0 Å². The van der Waals surface area contributed by atoms with E-state index in [9.17, 15) is 23.1 Å². The number of carbonyl (C=O) groups excluding carboxylic acids is 1. The zero-order chi connectivity index (χ0) is 26.3. The van der Waals surface area contributed by atoms with Gasteiger partial charge in [-0.3, -0.25) is 9.59 Å². The third kappa shape index (κ3) is 8.07. The molecule has 1 amide bonds. The third-order valence-corrected chi connectivity index (χ3v) is 5.95. The van der Waals surface area contributed by atoms with E-state index >= 15 is 0 Å². The molecule has 1 unspecified atom stereocenters. The van der Waals surface area contributed by atoms with Gasteiger partial charge in [-0.05, 0) is 66.3 Å². The van der Waals surface area contributed by atoms with E-state index in [2.05, 4.69) is 17.6 Å². The molecule has 2 aromatic carbocycles. The molecule has 4 N–H and O–H groups in total. The molecule has 35 heavy (non-hydrogen) atoms. The number of nitrogens with one attached hydrogen (secondary N) is 2. The largest absolute Gasteiger partial charge is 0.481 e. The highest BCUT2D eigenvalue weighted by Crippen LogP contribution is 2.31. The lowest BCUT2D eigenvalue weighted by molar-refractivity contribution is -0.134. The summed E-state index contributed by atoms with van der Waals surface area (Å²) in [6.07, 6.45) is 1.99. The number of carboxylic acids is 1. The minimum absolute atomic E-state index is 0.0635. The molecule has 0 aliphatic carbocycles. The average molecular weight is 607 g/mol. The molecule has 1 aliphatic heterocycles. The van der Waals surface area contributed by atoms with Crippen molar-refractivity contribution >= 4 is 45.8 Å². The van der Waals surface area contributed by atoms with Gasteiger partial charge in [-0.15, -0.1) is 0 Å². The van der Waals surface area contributed by atoms with Crippen molar-refractivity contribution in [3.8, 4) is 0 Å². The number of nitrogens with zero attached hydrogens (tertiary/aromatic N) is 1. The first kappa shape index (κ1) is 28.9. The van der Waals surface area contributed by atoms with Crippen LogP contribution < -0.4 is 10.6 Å². The summed E-state index contributed by atoms with van der Waals surface area (Å²) in [5.74, 6) is -4.48. The summed E-state index contributed by atoms with van der Waals surface area (Å²) < 4.78 is 43.3. The predicted octanol–water partition coefficient (Wildman–Crippen LogP) is 4.51. The number of aliphatic hydroxyl groups is 1. The van der Waals surface area contributed by atoms with Crippen molar-refractivity contribution in [3.05, 3.63) is 56.9 Å². The average Bonchev–Trinajstić information content (AvgIpc) is 2.74. The van der Waals surface area contributed by atoms with Gasteiger partial charge >= 0.3 is 0 Å². The number of carboxylic acid groups (broad SMARTS) is 1. The van der Waals surface area contributed by atoms with Gasteiger partial charge in [0.1, 0.15) is 11.4 Å². The maximum absolute atomic E-state index is 14.5. The lowest BCUT2D eigenvalue weighted by Crippen LogP contribution is -2.67. The molecular weight excluding hydrogens is 578 g/mol. The minimum Gasteiger partial charge on any atom is -0.481 e. The minimum atomic E-state index is -1.27. The van der Waals surface area contributed by atoms with Gasteiger partial charge < -0.3 is 25.7 Å². The van der Waals surface area contributed by atoms with Crippen molar-refractivity contribution in [2.75, 3.05) is 25.0 Å². The number of carbonyl (C=O) groups is 2. The summed E-state index contributed by atoms with van der Waals surface area (Å²) in [6.45, 7) is 5.64. The van der Waals surface area contributed by atoms with E-state index in [4.69, 9.17) is 9.90 Å². The van der Waals surface area contributed by atoms with E-state index in [1.54, 1.807) is 6.07 Å². The Morgan fingerprint density at radius 1 is 1.17 bits per heavy atom. The van der Waals surface area contributed by atoms with Crippen LogP contribution in [-0.2, 0) is 4.79 Å². The number of halogens is 4. The lowest BCUT2D eigenvalue weighted by Gasteiger charge is -2.47. The molecule has 0 radical (unpaired) electrons. The summed E-state index contributed by atoms with van der Waals surface area (Å²) in [5.41, 5.74) is -1.72. The molecule has 0 aromatic heterocycles. The summed E-state index contributed by atoms with van der Waals surface area (Å²) in [5, 5.41) is 23.8. The maximum Gasteiger partial charge on any atom is 0.300 e. The molecule has 1 saturated heterocycles. The van der Waals surface area contributed by atoms with Crippen molar-refractivity contribution in [3.63, 3.8) is 0 Å². The first-order valence-corrected chi connectivity index (χ1v) is 12.1. The topological polar surface area (TPSA) is 102 Å². The van der Waals surface area contributed by atoms with Crippen molar-refractivity contribution in [1.29, 1.82) is 0 Å². The molecule has 192 valence electrons. The molecule has 3 rings (SSSR count). The van der Waals surface area contributed by atoms with Crippen molar-refractivity contribution < 1.29 is 33.0 Å². The zero-order valence-corrected chi connectivity index (χ0v) is 21.8. The quantitative estimate of drug-likeness (QED) is 0.330. The molecule has 11 heteroatoms. The van der Waals surface area contributed by atoms with Crippen LogP contribution in [0.4, 0.5) is 24.5 Å². The molecule has 1 fully saturated rings. The van der Waals surface area contributed by atoms with Crippen LogP contribution in [0.25, 0.3) is 0 Å². The van der Waals surface area contributed by atoms with Gasteiger partial charge in [-0.25, -0.2) is 13.2 Å². The van der Waals surface area contributed by atoms with Crippen molar-refractivity contribution in [1.82, 2.24) is 10.2 Å². The number of hydrogen-bond donors (Lipinski definition) is 4. The smallest absolute Gasteiger partial charge is 0.300 e. The molecule has 1 heterocycles. The molecule has 0 saturated carbocycles. The first-order chi connectivity index (χ1) is 16.4. The summed E-state index contributed by atoms with van der Waals surface area (Å²) in [4.78, 5) is 23.3. The Kier molecular flexibility index (Phi) is 10.3. The number of aliphatic carboxylic acids is 1. The highest BCUT2D eigenvalue weighted by atomic mass is 127. The maximum atomic E-state index is 14.5. The second-order valence-corrected chi connectivity index (χ2v) is 9.75. The SMILES string of the molecule is CC(=O)O.CCCC(C)NCC1(O)CN(C(=O)c2ccc(F)c(F)c2Nc2ccc(I)cc2F)C1. The second kappa shape index (κ2) is 12.5. The Morgan fingerprint density at radius 2 is 1.80 bits per heavy atom. The van der Waals surface area contributed by atoms with Gasteiger partial charge in [0.05, 0.1) is 30.0 Å². The Morgan fingerprint density at radius 3 is 2.37 bits per heavy atom. The van der Waals surface area contributed by atoms with E-state index in [0.717, 1.165) is 31.9 Å².